The highest BCUT2D eigenvalue weighted by atomic mass is 16.6. The van der Waals surface area contributed by atoms with Gasteiger partial charge in [-0.05, 0) is 13.8 Å². The summed E-state index contributed by atoms with van der Waals surface area (Å²) in [7, 11) is 0. The highest BCUT2D eigenvalue weighted by molar-refractivity contribution is 6.01. The van der Waals surface area contributed by atoms with E-state index < -0.39 is 0 Å². The Hall–Kier alpha value is -2.23. The monoisotopic (exact) mass is 246 g/mol. The summed E-state index contributed by atoms with van der Waals surface area (Å²) < 4.78 is 10.7. The van der Waals surface area contributed by atoms with Crippen molar-refractivity contribution in [2.45, 2.75) is 13.8 Å². The maximum atomic E-state index is 11.5. The van der Waals surface area contributed by atoms with Crippen LogP contribution in [0.4, 0.5) is 0 Å². The highest BCUT2D eigenvalue weighted by Gasteiger charge is 2.25. The van der Waals surface area contributed by atoms with Gasteiger partial charge < -0.3 is 14.3 Å². The van der Waals surface area contributed by atoms with Crippen LogP contribution < -0.4 is 4.74 Å². The summed E-state index contributed by atoms with van der Waals surface area (Å²) in [5, 5.41) is 10.1. The number of furan rings is 1. The lowest BCUT2D eigenvalue weighted by molar-refractivity contribution is 0.100. The van der Waals surface area contributed by atoms with Gasteiger partial charge >= 0.3 is 0 Å². The minimum Gasteiger partial charge on any atom is -0.504 e. The van der Waals surface area contributed by atoms with Crippen molar-refractivity contribution in [1.82, 2.24) is 0 Å². The number of Topliss-reactive ketones (excluding diaryl/α,β-unsaturated/α-hetero) is 1. The van der Waals surface area contributed by atoms with E-state index in [0.717, 1.165) is 0 Å². The third kappa shape index (κ3) is 2.09. The molecule has 18 heavy (non-hydrogen) atoms. The molecule has 1 heterocycles. The van der Waals surface area contributed by atoms with Crippen molar-refractivity contribution in [3.63, 3.8) is 0 Å². The number of ketones is 1. The Kier molecular flexibility index (Phi) is 3.37. The molecule has 0 amide bonds. The lowest BCUT2D eigenvalue weighted by Gasteiger charge is -1.98. The van der Waals surface area contributed by atoms with Gasteiger partial charge in [-0.15, -0.1) is 0 Å². The van der Waals surface area contributed by atoms with E-state index in [1.807, 2.05) is 18.2 Å². The second-order valence-electron chi connectivity index (χ2n) is 3.80. The molecule has 1 N–H and O–H groups in total. The van der Waals surface area contributed by atoms with Crippen molar-refractivity contribution in [1.29, 1.82) is 0 Å². The molecular formula is C14H14O4. The Morgan fingerprint density at radius 2 is 2.00 bits per heavy atom. The topological polar surface area (TPSA) is 59.7 Å². The summed E-state index contributed by atoms with van der Waals surface area (Å²) in [6.45, 7) is 3.51. The van der Waals surface area contributed by atoms with Crippen molar-refractivity contribution < 1.29 is 19.1 Å². The average molecular weight is 246 g/mol. The molecular weight excluding hydrogens is 232 g/mol. The molecule has 0 aliphatic heterocycles. The van der Waals surface area contributed by atoms with E-state index in [9.17, 15) is 9.90 Å². The molecule has 1 aromatic carbocycles. The maximum Gasteiger partial charge on any atom is 0.300 e. The largest absolute Gasteiger partial charge is 0.504 e. The number of hydrogen-bond donors (Lipinski definition) is 1. The normalized spacial score (nSPS) is 10.3. The summed E-state index contributed by atoms with van der Waals surface area (Å²) in [6, 6.07) is 9.09. The summed E-state index contributed by atoms with van der Waals surface area (Å²) >= 11 is 0. The summed E-state index contributed by atoms with van der Waals surface area (Å²) in [5.74, 6) is -0.135. The maximum absolute atomic E-state index is 11.5. The van der Waals surface area contributed by atoms with Crippen LogP contribution in [0, 0.1) is 0 Å². The van der Waals surface area contributed by atoms with Crippen molar-refractivity contribution in [2.24, 2.45) is 0 Å². The molecule has 0 atom stereocenters. The Labute approximate surface area is 105 Å². The molecule has 0 radical (unpaired) electrons. The SMILES string of the molecule is CCOc1oc(-c2ccccc2)c(O)c1C(C)=O. The number of aromatic hydroxyl groups is 1. The second kappa shape index (κ2) is 4.96. The molecule has 0 unspecified atom stereocenters. The summed E-state index contributed by atoms with van der Waals surface area (Å²) in [6.07, 6.45) is 0. The minimum absolute atomic E-state index is 0.0707. The van der Waals surface area contributed by atoms with Gasteiger partial charge in [-0.2, -0.15) is 0 Å². The molecule has 0 aliphatic rings. The molecule has 2 aromatic rings. The van der Waals surface area contributed by atoms with Crippen LogP contribution in [-0.2, 0) is 0 Å². The first-order valence-corrected chi connectivity index (χ1v) is 5.70. The third-order valence-corrected chi connectivity index (χ3v) is 2.51. The fourth-order valence-corrected chi connectivity index (χ4v) is 1.73. The fraction of sp³-hybridized carbons (Fsp3) is 0.214. The van der Waals surface area contributed by atoms with Crippen molar-refractivity contribution in [2.75, 3.05) is 6.61 Å². The predicted molar refractivity (Wildman–Crippen MR) is 67.0 cm³/mol. The van der Waals surface area contributed by atoms with Gasteiger partial charge in [0.1, 0.15) is 5.56 Å². The number of benzene rings is 1. The number of hydrogen-bond acceptors (Lipinski definition) is 4. The van der Waals surface area contributed by atoms with Gasteiger partial charge in [-0.1, -0.05) is 30.3 Å². The molecule has 0 aliphatic carbocycles. The Morgan fingerprint density at radius 3 is 2.56 bits per heavy atom. The first-order valence-electron chi connectivity index (χ1n) is 5.70. The lowest BCUT2D eigenvalue weighted by Crippen LogP contribution is -1.97. The van der Waals surface area contributed by atoms with Crippen LogP contribution in [0.25, 0.3) is 11.3 Å². The molecule has 0 spiro atoms. The Morgan fingerprint density at radius 1 is 1.33 bits per heavy atom. The molecule has 94 valence electrons. The first-order chi connectivity index (χ1) is 8.65. The smallest absolute Gasteiger partial charge is 0.300 e. The first kappa shape index (κ1) is 12.2. The highest BCUT2D eigenvalue weighted by Crippen LogP contribution is 2.41. The van der Waals surface area contributed by atoms with Gasteiger partial charge in [0.15, 0.2) is 17.3 Å². The lowest BCUT2D eigenvalue weighted by atomic mass is 10.1. The molecule has 4 nitrogen and oxygen atoms in total. The van der Waals surface area contributed by atoms with E-state index in [1.165, 1.54) is 6.92 Å². The predicted octanol–water partition coefficient (Wildman–Crippen LogP) is 3.25. The molecule has 2 rings (SSSR count). The molecule has 0 saturated heterocycles. The van der Waals surface area contributed by atoms with Gasteiger partial charge in [0.25, 0.3) is 5.95 Å². The van der Waals surface area contributed by atoms with Crippen molar-refractivity contribution >= 4 is 5.78 Å². The number of carbonyl (C=O) groups excluding carboxylic acids is 1. The van der Waals surface area contributed by atoms with Crippen molar-refractivity contribution in [3.8, 4) is 23.0 Å². The fourth-order valence-electron chi connectivity index (χ4n) is 1.73. The van der Waals surface area contributed by atoms with Crippen LogP contribution in [0.15, 0.2) is 34.7 Å². The molecule has 0 bridgehead atoms. The molecule has 0 saturated carbocycles. The quantitative estimate of drug-likeness (QED) is 0.841. The van der Waals surface area contributed by atoms with E-state index >= 15 is 0 Å². The zero-order valence-electron chi connectivity index (χ0n) is 10.3. The second-order valence-corrected chi connectivity index (χ2v) is 3.80. The van der Waals surface area contributed by atoms with E-state index in [4.69, 9.17) is 9.15 Å². The van der Waals surface area contributed by atoms with E-state index in [-0.39, 0.29) is 28.8 Å². The van der Waals surface area contributed by atoms with Crippen LogP contribution in [0.2, 0.25) is 0 Å². The van der Waals surface area contributed by atoms with Crippen LogP contribution in [0.3, 0.4) is 0 Å². The summed E-state index contributed by atoms with van der Waals surface area (Å²) in [4.78, 5) is 11.5. The molecule has 4 heteroatoms. The van der Waals surface area contributed by atoms with Crippen LogP contribution in [0.5, 0.6) is 11.7 Å². The van der Waals surface area contributed by atoms with E-state index in [1.54, 1.807) is 19.1 Å². The van der Waals surface area contributed by atoms with Gasteiger partial charge in [0.2, 0.25) is 0 Å². The minimum atomic E-state index is -0.290. The number of ether oxygens (including phenoxy) is 1. The van der Waals surface area contributed by atoms with E-state index in [2.05, 4.69) is 0 Å². The van der Waals surface area contributed by atoms with Crippen LogP contribution in [-0.4, -0.2) is 17.5 Å². The Balaban J connectivity index is 2.57. The molecule has 0 fully saturated rings. The third-order valence-electron chi connectivity index (χ3n) is 2.51. The average Bonchev–Trinajstić information content (AvgIpc) is 2.68. The summed E-state index contributed by atoms with van der Waals surface area (Å²) in [5.41, 5.74) is 0.791. The van der Waals surface area contributed by atoms with Crippen LogP contribution >= 0.6 is 0 Å². The zero-order chi connectivity index (χ0) is 13.1. The van der Waals surface area contributed by atoms with Gasteiger partial charge in [0, 0.05) is 5.56 Å². The molecule has 1 aromatic heterocycles. The number of carbonyl (C=O) groups is 1. The standard InChI is InChI=1S/C14H14O4/c1-3-17-14-11(9(2)15)12(16)13(18-14)10-7-5-4-6-8-10/h4-8,16H,3H2,1-2H3. The van der Waals surface area contributed by atoms with Gasteiger partial charge in [-0.25, -0.2) is 0 Å². The van der Waals surface area contributed by atoms with E-state index in [0.29, 0.717) is 12.2 Å². The Bertz CT molecular complexity index is 555. The van der Waals surface area contributed by atoms with Gasteiger partial charge in [0.05, 0.1) is 6.61 Å². The zero-order valence-corrected chi connectivity index (χ0v) is 10.3. The number of rotatable bonds is 4. The van der Waals surface area contributed by atoms with Gasteiger partial charge in [-0.3, -0.25) is 4.79 Å². The van der Waals surface area contributed by atoms with Crippen LogP contribution in [0.1, 0.15) is 24.2 Å². The van der Waals surface area contributed by atoms with Crippen molar-refractivity contribution in [3.05, 3.63) is 35.9 Å².